The molecule has 3 aromatic rings. The van der Waals surface area contributed by atoms with Crippen molar-refractivity contribution in [3.63, 3.8) is 0 Å². The number of aryl methyl sites for hydroxylation is 1. The number of carbonyl (C=O) groups is 1. The van der Waals surface area contributed by atoms with Gasteiger partial charge >= 0.3 is 5.97 Å². The molecule has 2 heterocycles. The highest BCUT2D eigenvalue weighted by Crippen LogP contribution is 2.19. The number of esters is 1. The van der Waals surface area contributed by atoms with Gasteiger partial charge in [-0.15, -0.1) is 0 Å². The summed E-state index contributed by atoms with van der Waals surface area (Å²) >= 11 is 0. The molecule has 0 spiro atoms. The van der Waals surface area contributed by atoms with Gasteiger partial charge in [0.2, 0.25) is 0 Å². The van der Waals surface area contributed by atoms with E-state index in [0.29, 0.717) is 6.61 Å². The molecule has 5 nitrogen and oxygen atoms in total. The summed E-state index contributed by atoms with van der Waals surface area (Å²) in [5.41, 5.74) is 4.72. The van der Waals surface area contributed by atoms with Crippen molar-refractivity contribution in [1.82, 2.24) is 14.5 Å². The van der Waals surface area contributed by atoms with Gasteiger partial charge in [0.05, 0.1) is 0 Å². The van der Waals surface area contributed by atoms with Crippen molar-refractivity contribution < 1.29 is 9.53 Å². The number of imidazole rings is 1. The van der Waals surface area contributed by atoms with Crippen LogP contribution in [0.4, 0.5) is 0 Å². The smallest absolute Gasteiger partial charge is 0.302 e. The van der Waals surface area contributed by atoms with Crippen molar-refractivity contribution >= 4 is 17.1 Å². The normalized spacial score (nSPS) is 10.8. The van der Waals surface area contributed by atoms with Gasteiger partial charge in [-0.2, -0.15) is 0 Å². The molecule has 0 radical (unpaired) electrons. The van der Waals surface area contributed by atoms with E-state index in [2.05, 4.69) is 9.97 Å². The first-order valence-corrected chi connectivity index (χ1v) is 6.66. The summed E-state index contributed by atoms with van der Waals surface area (Å²) in [7, 11) is 0. The van der Waals surface area contributed by atoms with E-state index in [9.17, 15) is 4.79 Å². The summed E-state index contributed by atoms with van der Waals surface area (Å²) in [5.74, 6) is -0.275. The molecular weight excluding hydrogens is 266 g/mol. The minimum absolute atomic E-state index is 0.275. The van der Waals surface area contributed by atoms with E-state index in [1.165, 1.54) is 6.92 Å². The molecule has 0 amide bonds. The standard InChI is InChI=1S/C16H15N3O2/c1-11-8-14(6-5-13(11)9-21-12(2)20)19-10-18-15-4-3-7-17-16(15)19/h3-8,10H,9H2,1-2H3. The average molecular weight is 281 g/mol. The van der Waals surface area contributed by atoms with Gasteiger partial charge in [0, 0.05) is 18.8 Å². The highest BCUT2D eigenvalue weighted by atomic mass is 16.5. The van der Waals surface area contributed by atoms with Crippen LogP contribution in [-0.2, 0) is 16.1 Å². The maximum absolute atomic E-state index is 10.9. The third kappa shape index (κ3) is 2.63. The maximum Gasteiger partial charge on any atom is 0.302 e. The Morgan fingerprint density at radius 1 is 1.29 bits per heavy atom. The number of hydrogen-bond donors (Lipinski definition) is 0. The molecular formula is C16H15N3O2. The SMILES string of the molecule is CC(=O)OCc1ccc(-n2cnc3cccnc32)cc1C. The van der Waals surface area contributed by atoms with E-state index in [0.717, 1.165) is 28.0 Å². The summed E-state index contributed by atoms with van der Waals surface area (Å²) in [6.07, 6.45) is 3.51. The second kappa shape index (κ2) is 5.36. The highest BCUT2D eigenvalue weighted by Gasteiger charge is 2.07. The van der Waals surface area contributed by atoms with Crippen LogP contribution in [0.1, 0.15) is 18.1 Å². The zero-order valence-electron chi connectivity index (χ0n) is 11.9. The van der Waals surface area contributed by atoms with Crippen LogP contribution in [0.5, 0.6) is 0 Å². The van der Waals surface area contributed by atoms with Gasteiger partial charge in [-0.1, -0.05) is 6.07 Å². The molecule has 21 heavy (non-hydrogen) atoms. The lowest BCUT2D eigenvalue weighted by molar-refractivity contribution is -0.142. The molecule has 2 aromatic heterocycles. The van der Waals surface area contributed by atoms with Gasteiger partial charge in [0.25, 0.3) is 0 Å². The van der Waals surface area contributed by atoms with E-state index >= 15 is 0 Å². The van der Waals surface area contributed by atoms with Crippen LogP contribution in [0.3, 0.4) is 0 Å². The average Bonchev–Trinajstić information content (AvgIpc) is 2.89. The Labute approximate surface area is 122 Å². The van der Waals surface area contributed by atoms with Crippen LogP contribution in [0, 0.1) is 6.92 Å². The summed E-state index contributed by atoms with van der Waals surface area (Å²) in [6, 6.07) is 9.77. The molecule has 0 aliphatic rings. The number of fused-ring (bicyclic) bond motifs is 1. The highest BCUT2D eigenvalue weighted by molar-refractivity contribution is 5.72. The lowest BCUT2D eigenvalue weighted by Gasteiger charge is -2.09. The lowest BCUT2D eigenvalue weighted by atomic mass is 10.1. The minimum atomic E-state index is -0.275. The van der Waals surface area contributed by atoms with Crippen molar-refractivity contribution in [2.45, 2.75) is 20.5 Å². The summed E-state index contributed by atoms with van der Waals surface area (Å²) in [6.45, 7) is 3.70. The van der Waals surface area contributed by atoms with Gasteiger partial charge in [-0.3, -0.25) is 9.36 Å². The molecule has 0 saturated heterocycles. The summed E-state index contributed by atoms with van der Waals surface area (Å²) < 4.78 is 6.98. The monoisotopic (exact) mass is 281 g/mol. The van der Waals surface area contributed by atoms with Gasteiger partial charge in [0.15, 0.2) is 5.65 Å². The fourth-order valence-corrected chi connectivity index (χ4v) is 2.21. The number of hydrogen-bond acceptors (Lipinski definition) is 4. The van der Waals surface area contributed by atoms with E-state index in [1.54, 1.807) is 12.5 Å². The number of nitrogens with zero attached hydrogens (tertiary/aromatic N) is 3. The zero-order chi connectivity index (χ0) is 14.8. The Morgan fingerprint density at radius 2 is 2.14 bits per heavy atom. The second-order valence-electron chi connectivity index (χ2n) is 4.85. The molecule has 0 aliphatic heterocycles. The maximum atomic E-state index is 10.9. The second-order valence-corrected chi connectivity index (χ2v) is 4.85. The van der Waals surface area contributed by atoms with E-state index in [-0.39, 0.29) is 5.97 Å². The quantitative estimate of drug-likeness (QED) is 0.693. The molecule has 0 bridgehead atoms. The van der Waals surface area contributed by atoms with Crippen molar-refractivity contribution in [1.29, 1.82) is 0 Å². The first-order chi connectivity index (χ1) is 10.1. The summed E-state index contributed by atoms with van der Waals surface area (Å²) in [5, 5.41) is 0. The first kappa shape index (κ1) is 13.3. The van der Waals surface area contributed by atoms with Crippen LogP contribution < -0.4 is 0 Å². The number of aromatic nitrogens is 3. The van der Waals surface area contributed by atoms with Crippen LogP contribution in [-0.4, -0.2) is 20.5 Å². The minimum Gasteiger partial charge on any atom is -0.461 e. The van der Waals surface area contributed by atoms with Crippen molar-refractivity contribution in [3.8, 4) is 5.69 Å². The van der Waals surface area contributed by atoms with Crippen LogP contribution in [0.25, 0.3) is 16.9 Å². The molecule has 5 heteroatoms. The zero-order valence-corrected chi connectivity index (χ0v) is 11.9. The summed E-state index contributed by atoms with van der Waals surface area (Å²) in [4.78, 5) is 19.6. The number of carbonyl (C=O) groups excluding carboxylic acids is 1. The fraction of sp³-hybridized carbons (Fsp3) is 0.188. The Balaban J connectivity index is 1.96. The largest absolute Gasteiger partial charge is 0.461 e. The molecule has 0 saturated carbocycles. The van der Waals surface area contributed by atoms with Gasteiger partial charge in [-0.05, 0) is 42.3 Å². The molecule has 1 aromatic carbocycles. The topological polar surface area (TPSA) is 57.0 Å². The fourth-order valence-electron chi connectivity index (χ4n) is 2.21. The first-order valence-electron chi connectivity index (χ1n) is 6.66. The van der Waals surface area contributed by atoms with Gasteiger partial charge in [0.1, 0.15) is 18.5 Å². The molecule has 0 fully saturated rings. The lowest BCUT2D eigenvalue weighted by Crippen LogP contribution is -2.02. The van der Waals surface area contributed by atoms with Gasteiger partial charge in [-0.25, -0.2) is 9.97 Å². The Kier molecular flexibility index (Phi) is 3.39. The molecule has 3 rings (SSSR count). The number of benzene rings is 1. The Morgan fingerprint density at radius 3 is 2.90 bits per heavy atom. The molecule has 0 unspecified atom stereocenters. The van der Waals surface area contributed by atoms with E-state index in [1.807, 2.05) is 41.8 Å². The van der Waals surface area contributed by atoms with Crippen molar-refractivity contribution in [2.75, 3.05) is 0 Å². The van der Waals surface area contributed by atoms with Gasteiger partial charge < -0.3 is 4.74 Å². The van der Waals surface area contributed by atoms with Crippen molar-refractivity contribution in [3.05, 3.63) is 54.0 Å². The Hall–Kier alpha value is -2.69. The van der Waals surface area contributed by atoms with E-state index in [4.69, 9.17) is 4.74 Å². The number of ether oxygens (including phenoxy) is 1. The van der Waals surface area contributed by atoms with Crippen LogP contribution in [0.2, 0.25) is 0 Å². The predicted octanol–water partition coefficient (Wildman–Crippen LogP) is 2.79. The predicted molar refractivity (Wildman–Crippen MR) is 79.1 cm³/mol. The van der Waals surface area contributed by atoms with E-state index < -0.39 is 0 Å². The molecule has 0 atom stereocenters. The Bertz CT molecular complexity index is 808. The molecule has 0 aliphatic carbocycles. The molecule has 106 valence electrons. The van der Waals surface area contributed by atoms with Crippen molar-refractivity contribution in [2.24, 2.45) is 0 Å². The number of rotatable bonds is 3. The number of pyridine rings is 1. The third-order valence-corrected chi connectivity index (χ3v) is 3.34. The van der Waals surface area contributed by atoms with Crippen LogP contribution in [0.15, 0.2) is 42.9 Å². The third-order valence-electron chi connectivity index (χ3n) is 3.34. The molecule has 0 N–H and O–H groups in total. The van der Waals surface area contributed by atoms with Crippen LogP contribution >= 0.6 is 0 Å².